The number of thiocarbonyl (C=S) groups is 1. The third kappa shape index (κ3) is 3.50. The highest BCUT2D eigenvalue weighted by molar-refractivity contribution is 7.81. The van der Waals surface area contributed by atoms with Gasteiger partial charge in [0.1, 0.15) is 16.5 Å². The zero-order valence-corrected chi connectivity index (χ0v) is 12.8. The average molecular weight is 318 g/mol. The van der Waals surface area contributed by atoms with Gasteiger partial charge in [0.05, 0.1) is 24.8 Å². The van der Waals surface area contributed by atoms with Crippen LogP contribution in [0.3, 0.4) is 0 Å². The molecule has 0 saturated carbocycles. The quantitative estimate of drug-likeness (QED) is 0.517. The molecule has 2 aromatic carbocycles. The van der Waals surface area contributed by atoms with Crippen LogP contribution in [-0.4, -0.2) is 24.1 Å². The van der Waals surface area contributed by atoms with E-state index in [1.54, 1.807) is 44.6 Å². The predicted octanol–water partition coefficient (Wildman–Crippen LogP) is 3.40. The van der Waals surface area contributed by atoms with Crippen LogP contribution in [0.5, 0.6) is 11.5 Å². The number of rotatable bonds is 5. The van der Waals surface area contributed by atoms with Gasteiger partial charge in [-0.3, -0.25) is 10.1 Å². The Labute approximate surface area is 132 Å². The van der Waals surface area contributed by atoms with Crippen molar-refractivity contribution in [3.05, 3.63) is 58.1 Å². The number of nitro benzene ring substituents is 1. The fourth-order valence-electron chi connectivity index (χ4n) is 1.83. The van der Waals surface area contributed by atoms with Gasteiger partial charge in [-0.2, -0.15) is 0 Å². The number of hydrogen-bond donors (Lipinski definition) is 1. The van der Waals surface area contributed by atoms with E-state index in [2.05, 4.69) is 5.32 Å². The maximum Gasteiger partial charge on any atom is 0.269 e. The summed E-state index contributed by atoms with van der Waals surface area (Å²) < 4.78 is 10.4. The second-order valence-electron chi connectivity index (χ2n) is 4.32. The number of nitrogens with zero attached hydrogens (tertiary/aromatic N) is 1. The van der Waals surface area contributed by atoms with Crippen LogP contribution in [0.4, 0.5) is 11.4 Å². The molecule has 0 fully saturated rings. The molecule has 0 heterocycles. The lowest BCUT2D eigenvalue weighted by molar-refractivity contribution is -0.384. The normalized spacial score (nSPS) is 9.91. The summed E-state index contributed by atoms with van der Waals surface area (Å²) in [5.41, 5.74) is 1.39. The molecule has 0 unspecified atom stereocenters. The first kappa shape index (κ1) is 15.7. The third-order valence-electron chi connectivity index (χ3n) is 3.00. The number of hydrogen-bond acceptors (Lipinski definition) is 5. The molecule has 1 N–H and O–H groups in total. The van der Waals surface area contributed by atoms with Crippen molar-refractivity contribution in [2.75, 3.05) is 19.5 Å². The van der Waals surface area contributed by atoms with E-state index in [9.17, 15) is 10.1 Å². The lowest BCUT2D eigenvalue weighted by Gasteiger charge is -2.13. The minimum Gasteiger partial charge on any atom is -0.497 e. The highest BCUT2D eigenvalue weighted by atomic mass is 32.1. The van der Waals surface area contributed by atoms with Crippen LogP contribution in [0.1, 0.15) is 5.56 Å². The van der Waals surface area contributed by atoms with E-state index >= 15 is 0 Å². The van der Waals surface area contributed by atoms with Gasteiger partial charge in [0.25, 0.3) is 5.69 Å². The van der Waals surface area contributed by atoms with Gasteiger partial charge in [-0.05, 0) is 24.3 Å². The second-order valence-corrected chi connectivity index (χ2v) is 4.73. The molecule has 0 aliphatic heterocycles. The summed E-state index contributed by atoms with van der Waals surface area (Å²) in [6.45, 7) is 0. The summed E-state index contributed by atoms with van der Waals surface area (Å²) in [5.74, 6) is 1.26. The minimum atomic E-state index is -0.452. The summed E-state index contributed by atoms with van der Waals surface area (Å²) in [6, 6.07) is 11.3. The van der Waals surface area contributed by atoms with Gasteiger partial charge in [0, 0.05) is 23.8 Å². The van der Waals surface area contributed by atoms with Crippen molar-refractivity contribution in [3.63, 3.8) is 0 Å². The Morgan fingerprint density at radius 2 is 1.82 bits per heavy atom. The largest absolute Gasteiger partial charge is 0.497 e. The van der Waals surface area contributed by atoms with Crippen molar-refractivity contribution < 1.29 is 14.4 Å². The van der Waals surface area contributed by atoms with Gasteiger partial charge in [-0.25, -0.2) is 0 Å². The molecule has 6 nitrogen and oxygen atoms in total. The molecule has 2 rings (SSSR count). The molecule has 0 saturated heterocycles. The maximum absolute atomic E-state index is 10.6. The topological polar surface area (TPSA) is 73.6 Å². The monoisotopic (exact) mass is 318 g/mol. The molecule has 0 amide bonds. The Bertz CT molecular complexity index is 701. The zero-order chi connectivity index (χ0) is 16.1. The van der Waals surface area contributed by atoms with Crippen molar-refractivity contribution in [3.8, 4) is 11.5 Å². The first-order valence-corrected chi connectivity index (χ1v) is 6.74. The zero-order valence-electron chi connectivity index (χ0n) is 12.0. The molecular formula is C15H14N2O4S. The van der Waals surface area contributed by atoms with Crippen LogP contribution in [0.2, 0.25) is 0 Å². The van der Waals surface area contributed by atoms with Crippen LogP contribution < -0.4 is 14.8 Å². The van der Waals surface area contributed by atoms with Crippen molar-refractivity contribution >= 4 is 28.6 Å². The van der Waals surface area contributed by atoms with Crippen molar-refractivity contribution in [1.82, 2.24) is 0 Å². The molecule has 114 valence electrons. The Balaban J connectivity index is 2.19. The van der Waals surface area contributed by atoms with Gasteiger partial charge in [-0.15, -0.1) is 0 Å². The number of ether oxygens (including phenoxy) is 2. The summed E-state index contributed by atoms with van der Waals surface area (Å²) in [4.78, 5) is 10.6. The van der Waals surface area contributed by atoms with Gasteiger partial charge >= 0.3 is 0 Å². The molecule has 0 aliphatic carbocycles. The molecule has 0 aliphatic rings. The smallest absolute Gasteiger partial charge is 0.269 e. The highest BCUT2D eigenvalue weighted by Gasteiger charge is 2.10. The predicted molar refractivity (Wildman–Crippen MR) is 88.0 cm³/mol. The highest BCUT2D eigenvalue weighted by Crippen LogP contribution is 2.29. The van der Waals surface area contributed by atoms with E-state index in [-0.39, 0.29) is 5.69 Å². The van der Waals surface area contributed by atoms with E-state index in [0.29, 0.717) is 27.7 Å². The third-order valence-corrected chi connectivity index (χ3v) is 3.33. The van der Waals surface area contributed by atoms with Crippen LogP contribution in [-0.2, 0) is 0 Å². The average Bonchev–Trinajstić information content (AvgIpc) is 2.55. The number of nitro groups is 1. The molecule has 0 bridgehead atoms. The van der Waals surface area contributed by atoms with E-state index in [1.807, 2.05) is 0 Å². The molecule has 0 radical (unpaired) electrons. The van der Waals surface area contributed by atoms with E-state index < -0.39 is 4.92 Å². The number of methoxy groups -OCH3 is 2. The maximum atomic E-state index is 10.6. The Hall–Kier alpha value is -2.67. The lowest BCUT2D eigenvalue weighted by Crippen LogP contribution is -2.11. The molecule has 22 heavy (non-hydrogen) atoms. The first-order chi connectivity index (χ1) is 10.5. The number of benzene rings is 2. The minimum absolute atomic E-state index is 0.0218. The lowest BCUT2D eigenvalue weighted by atomic mass is 10.2. The summed E-state index contributed by atoms with van der Waals surface area (Å²) in [5, 5.41) is 13.7. The first-order valence-electron chi connectivity index (χ1n) is 6.33. The molecular weight excluding hydrogens is 304 g/mol. The van der Waals surface area contributed by atoms with E-state index in [0.717, 1.165) is 0 Å². The van der Waals surface area contributed by atoms with Crippen molar-refractivity contribution in [1.29, 1.82) is 0 Å². The van der Waals surface area contributed by atoms with Crippen LogP contribution >= 0.6 is 12.2 Å². The van der Waals surface area contributed by atoms with Gasteiger partial charge in [0.15, 0.2) is 0 Å². The van der Waals surface area contributed by atoms with E-state index in [1.165, 1.54) is 12.1 Å². The molecule has 0 spiro atoms. The Morgan fingerprint density at radius 1 is 1.14 bits per heavy atom. The van der Waals surface area contributed by atoms with Gasteiger partial charge in [-0.1, -0.05) is 12.2 Å². The second kappa shape index (κ2) is 6.86. The Morgan fingerprint density at radius 3 is 2.36 bits per heavy atom. The van der Waals surface area contributed by atoms with Gasteiger partial charge in [0.2, 0.25) is 0 Å². The molecule has 7 heteroatoms. The fraction of sp³-hybridized carbons (Fsp3) is 0.133. The standard InChI is InChI=1S/C15H14N2O4S/c1-20-12-7-8-13(14(9-12)21-2)16-15(22)10-3-5-11(6-4-10)17(18)19/h3-9H,1-2H3,(H,16,22). The van der Waals surface area contributed by atoms with Crippen LogP contribution in [0.15, 0.2) is 42.5 Å². The molecule has 2 aromatic rings. The molecule has 0 atom stereocenters. The fourth-order valence-corrected chi connectivity index (χ4v) is 2.08. The van der Waals surface area contributed by atoms with Crippen molar-refractivity contribution in [2.45, 2.75) is 0 Å². The number of nitrogens with one attached hydrogen (secondary N) is 1. The van der Waals surface area contributed by atoms with Crippen molar-refractivity contribution in [2.24, 2.45) is 0 Å². The van der Waals surface area contributed by atoms with Crippen LogP contribution in [0.25, 0.3) is 0 Å². The number of anilines is 1. The molecule has 0 aromatic heterocycles. The summed E-state index contributed by atoms with van der Waals surface area (Å²) >= 11 is 5.31. The summed E-state index contributed by atoms with van der Waals surface area (Å²) in [6.07, 6.45) is 0. The van der Waals surface area contributed by atoms with Crippen LogP contribution in [0, 0.1) is 10.1 Å². The SMILES string of the molecule is COc1ccc(NC(=S)c2ccc([N+](=O)[O-])cc2)c(OC)c1. The Kier molecular flexibility index (Phi) is 4.90. The summed E-state index contributed by atoms with van der Waals surface area (Å²) in [7, 11) is 3.12. The van der Waals surface area contributed by atoms with Gasteiger partial charge < -0.3 is 14.8 Å². The number of non-ortho nitro benzene ring substituents is 1. The van der Waals surface area contributed by atoms with E-state index in [4.69, 9.17) is 21.7 Å².